The first-order chi connectivity index (χ1) is 17.4. The highest BCUT2D eigenvalue weighted by Gasteiger charge is 2.19. The van der Waals surface area contributed by atoms with Crippen LogP contribution in [0.1, 0.15) is 43.3 Å². The van der Waals surface area contributed by atoms with Gasteiger partial charge in [-0.2, -0.15) is 0 Å². The largest absolute Gasteiger partial charge is 0.355 e. The third kappa shape index (κ3) is 6.54. The van der Waals surface area contributed by atoms with Gasteiger partial charge in [0.1, 0.15) is 11.6 Å². The smallest absolute Gasteiger partial charge is 0.222 e. The molecule has 0 spiro atoms. The molecule has 1 amide bonds. The fraction of sp³-hybridized carbons (Fsp3) is 0.276. The summed E-state index contributed by atoms with van der Waals surface area (Å²) < 4.78 is 0. The van der Waals surface area contributed by atoms with Crippen LogP contribution in [0.4, 0.5) is 5.82 Å². The van der Waals surface area contributed by atoms with Gasteiger partial charge in [-0.25, -0.2) is 9.97 Å². The number of fused-ring (bicyclic) bond motifs is 1. The number of aromatic nitrogens is 2. The van der Waals surface area contributed by atoms with E-state index in [0.717, 1.165) is 23.2 Å². The van der Waals surface area contributed by atoms with Crippen molar-refractivity contribution in [2.45, 2.75) is 39.2 Å². The highest BCUT2D eigenvalue weighted by atomic mass is 35.5. The quantitative estimate of drug-likeness (QED) is 0.249. The average molecular weight is 521 g/mol. The minimum atomic E-state index is -0.0688. The van der Waals surface area contributed by atoms with E-state index in [2.05, 4.69) is 27.3 Å². The first-order valence-corrected chi connectivity index (χ1v) is 13.0. The van der Waals surface area contributed by atoms with E-state index in [1.165, 1.54) is 5.56 Å². The molecule has 0 radical (unpaired) electrons. The van der Waals surface area contributed by atoms with E-state index in [-0.39, 0.29) is 11.9 Å². The molecular weight excluding hydrogens is 491 g/mol. The second-order valence-electron chi connectivity index (χ2n) is 8.77. The van der Waals surface area contributed by atoms with Gasteiger partial charge in [0.2, 0.25) is 5.91 Å². The van der Waals surface area contributed by atoms with Crippen LogP contribution in [0.3, 0.4) is 0 Å². The van der Waals surface area contributed by atoms with Crippen molar-refractivity contribution < 1.29 is 4.79 Å². The molecule has 0 aliphatic heterocycles. The van der Waals surface area contributed by atoms with Gasteiger partial charge < -0.3 is 10.2 Å². The van der Waals surface area contributed by atoms with Crippen LogP contribution in [-0.4, -0.2) is 29.0 Å². The summed E-state index contributed by atoms with van der Waals surface area (Å²) in [4.78, 5) is 24.6. The molecule has 0 aliphatic carbocycles. The van der Waals surface area contributed by atoms with Crippen molar-refractivity contribution in [2.24, 2.45) is 0 Å². The number of hydrogen-bond donors (Lipinski definition) is 1. The van der Waals surface area contributed by atoms with E-state index in [1.54, 1.807) is 6.07 Å². The number of anilines is 1. The van der Waals surface area contributed by atoms with Gasteiger partial charge >= 0.3 is 0 Å². The maximum absolute atomic E-state index is 12.9. The molecule has 1 N–H and O–H groups in total. The molecule has 36 heavy (non-hydrogen) atoms. The lowest BCUT2D eigenvalue weighted by atomic mass is 10.1. The minimum absolute atomic E-state index is 0.0128. The molecule has 186 valence electrons. The molecule has 3 aromatic carbocycles. The molecular formula is C29H30Cl2N4O. The summed E-state index contributed by atoms with van der Waals surface area (Å²) in [5.74, 6) is 1.44. The zero-order valence-electron chi connectivity index (χ0n) is 20.5. The van der Waals surface area contributed by atoms with Crippen molar-refractivity contribution in [3.8, 4) is 0 Å². The standard InChI is InChI=1S/C29H30Cl2N4O/c1-3-26-33-28-24(18-23(30)19-25(28)31)29(34-26)35(16-14-21-10-6-4-7-11-21)17-15-27(36)32-20(2)22-12-8-5-9-13-22/h4-13,18-20H,3,14-17H2,1-2H3,(H,32,36)/t20-/m1/s1. The summed E-state index contributed by atoms with van der Waals surface area (Å²) in [7, 11) is 0. The Kier molecular flexibility index (Phi) is 8.79. The van der Waals surface area contributed by atoms with E-state index in [9.17, 15) is 4.79 Å². The van der Waals surface area contributed by atoms with E-state index in [1.807, 2.05) is 68.4 Å². The summed E-state index contributed by atoms with van der Waals surface area (Å²) in [6, 6.07) is 23.7. The van der Waals surface area contributed by atoms with Gasteiger partial charge in [-0.1, -0.05) is 90.8 Å². The number of nitrogens with zero attached hydrogens (tertiary/aromatic N) is 3. The van der Waals surface area contributed by atoms with E-state index >= 15 is 0 Å². The number of nitrogens with one attached hydrogen (secondary N) is 1. The van der Waals surface area contributed by atoms with Gasteiger partial charge in [0.05, 0.1) is 16.6 Å². The van der Waals surface area contributed by atoms with Crippen LogP contribution in [0.25, 0.3) is 10.9 Å². The Hall–Kier alpha value is -3.15. The number of benzene rings is 3. The molecule has 0 bridgehead atoms. The lowest BCUT2D eigenvalue weighted by Crippen LogP contribution is -2.34. The Morgan fingerprint density at radius 1 is 0.972 bits per heavy atom. The summed E-state index contributed by atoms with van der Waals surface area (Å²) in [5.41, 5.74) is 2.97. The Bertz CT molecular complexity index is 1320. The van der Waals surface area contributed by atoms with Gasteiger partial charge in [-0.3, -0.25) is 4.79 Å². The number of carbonyl (C=O) groups excluding carboxylic acids is 1. The summed E-state index contributed by atoms with van der Waals surface area (Å²) in [6.07, 6.45) is 1.81. The average Bonchev–Trinajstić information content (AvgIpc) is 2.89. The molecule has 0 saturated carbocycles. The second-order valence-corrected chi connectivity index (χ2v) is 9.62. The Balaban J connectivity index is 1.60. The predicted octanol–water partition coefficient (Wildman–Crippen LogP) is 6.82. The molecule has 1 aromatic heterocycles. The van der Waals surface area contributed by atoms with E-state index in [4.69, 9.17) is 28.2 Å². The van der Waals surface area contributed by atoms with Gasteiger partial charge in [0, 0.05) is 36.3 Å². The molecule has 4 aromatic rings. The molecule has 5 nitrogen and oxygen atoms in total. The van der Waals surface area contributed by atoms with Gasteiger partial charge in [0.15, 0.2) is 0 Å². The zero-order chi connectivity index (χ0) is 25.5. The monoisotopic (exact) mass is 520 g/mol. The number of aryl methyl sites for hydroxylation is 1. The van der Waals surface area contributed by atoms with Crippen LogP contribution in [0, 0.1) is 0 Å². The van der Waals surface area contributed by atoms with Crippen LogP contribution in [-0.2, 0) is 17.6 Å². The van der Waals surface area contributed by atoms with E-state index < -0.39 is 0 Å². The zero-order valence-corrected chi connectivity index (χ0v) is 22.1. The van der Waals surface area contributed by atoms with Crippen molar-refractivity contribution in [3.63, 3.8) is 0 Å². The number of carbonyl (C=O) groups is 1. The maximum Gasteiger partial charge on any atom is 0.222 e. The van der Waals surface area contributed by atoms with Crippen molar-refractivity contribution >= 4 is 45.8 Å². The van der Waals surface area contributed by atoms with Crippen LogP contribution in [0.2, 0.25) is 10.0 Å². The topological polar surface area (TPSA) is 58.1 Å². The third-order valence-electron chi connectivity index (χ3n) is 6.16. The Morgan fingerprint density at radius 2 is 1.67 bits per heavy atom. The maximum atomic E-state index is 12.9. The SMILES string of the molecule is CCc1nc(N(CCC(=O)N[C@H](C)c2ccccc2)CCc2ccccc2)c2cc(Cl)cc(Cl)c2n1. The molecule has 7 heteroatoms. The number of rotatable bonds is 10. The highest BCUT2D eigenvalue weighted by Crippen LogP contribution is 2.32. The van der Waals surface area contributed by atoms with Crippen molar-refractivity contribution in [1.29, 1.82) is 0 Å². The van der Waals surface area contributed by atoms with Crippen molar-refractivity contribution in [1.82, 2.24) is 15.3 Å². The first kappa shape index (κ1) is 25.9. The van der Waals surface area contributed by atoms with Gasteiger partial charge in [0.25, 0.3) is 0 Å². The van der Waals surface area contributed by atoms with Crippen LogP contribution in [0.5, 0.6) is 0 Å². The molecule has 0 aliphatic rings. The normalized spacial score (nSPS) is 11.9. The third-order valence-corrected chi connectivity index (χ3v) is 6.67. The second kappa shape index (κ2) is 12.2. The first-order valence-electron chi connectivity index (χ1n) is 12.2. The predicted molar refractivity (Wildman–Crippen MR) is 149 cm³/mol. The lowest BCUT2D eigenvalue weighted by Gasteiger charge is -2.26. The number of halogens is 2. The summed E-state index contributed by atoms with van der Waals surface area (Å²) in [6.45, 7) is 5.20. The molecule has 1 atom stereocenters. The Morgan fingerprint density at radius 3 is 2.36 bits per heavy atom. The van der Waals surface area contributed by atoms with Crippen molar-refractivity contribution in [3.05, 3.63) is 99.8 Å². The molecule has 4 rings (SSSR count). The Labute approximate surface area is 222 Å². The van der Waals surface area contributed by atoms with Gasteiger partial charge in [-0.05, 0) is 36.6 Å². The summed E-state index contributed by atoms with van der Waals surface area (Å²) in [5, 5.41) is 4.92. The number of hydrogen-bond acceptors (Lipinski definition) is 4. The number of amides is 1. The molecule has 0 unspecified atom stereocenters. The fourth-order valence-corrected chi connectivity index (χ4v) is 4.73. The van der Waals surface area contributed by atoms with Crippen LogP contribution < -0.4 is 10.2 Å². The molecule has 0 fully saturated rings. The fourth-order valence-electron chi connectivity index (χ4n) is 4.19. The van der Waals surface area contributed by atoms with Crippen molar-refractivity contribution in [2.75, 3.05) is 18.0 Å². The lowest BCUT2D eigenvalue weighted by molar-refractivity contribution is -0.121. The summed E-state index contributed by atoms with van der Waals surface area (Å²) >= 11 is 12.9. The van der Waals surface area contributed by atoms with E-state index in [0.29, 0.717) is 47.3 Å². The van der Waals surface area contributed by atoms with Crippen LogP contribution >= 0.6 is 23.2 Å². The molecule has 1 heterocycles. The molecule has 0 saturated heterocycles. The van der Waals surface area contributed by atoms with Gasteiger partial charge in [-0.15, -0.1) is 0 Å². The highest BCUT2D eigenvalue weighted by molar-refractivity contribution is 6.38. The van der Waals surface area contributed by atoms with Crippen LogP contribution in [0.15, 0.2) is 72.8 Å². The minimum Gasteiger partial charge on any atom is -0.355 e.